The third-order valence-electron chi connectivity index (χ3n) is 3.74. The molecule has 1 aliphatic rings. The molecular weight excluding hydrogens is 236 g/mol. The Morgan fingerprint density at radius 2 is 2.06 bits per heavy atom. The summed E-state index contributed by atoms with van der Waals surface area (Å²) in [5.41, 5.74) is 0.652. The van der Waals surface area contributed by atoms with Gasteiger partial charge in [-0.05, 0) is 30.4 Å². The van der Waals surface area contributed by atoms with Crippen LogP contribution in [0.5, 0.6) is 5.75 Å². The summed E-state index contributed by atoms with van der Waals surface area (Å²) >= 11 is 0. The molecule has 2 rings (SSSR count). The van der Waals surface area contributed by atoms with Crippen LogP contribution in [0.15, 0.2) is 12.1 Å². The number of nitrogens with zero attached hydrogens (tertiary/aromatic N) is 1. The molecule has 1 aromatic rings. The number of halogens is 2. The molecule has 0 spiro atoms. The Kier molecular flexibility index (Phi) is 3.73. The molecule has 1 fully saturated rings. The van der Waals surface area contributed by atoms with E-state index in [0.717, 1.165) is 25.6 Å². The number of methoxy groups -OCH3 is 1. The summed E-state index contributed by atoms with van der Waals surface area (Å²) < 4.78 is 31.8. The van der Waals surface area contributed by atoms with Crippen molar-refractivity contribution in [2.75, 3.05) is 25.1 Å². The standard InChI is InChI=1S/C14H19F2NO/c1-9(2)10-6-7-17(8-10)12-5-4-11(15)13(16)14(12)18-3/h4-5,9-10H,6-8H2,1-3H3. The van der Waals surface area contributed by atoms with Crippen molar-refractivity contribution in [2.24, 2.45) is 11.8 Å². The van der Waals surface area contributed by atoms with E-state index in [-0.39, 0.29) is 5.75 Å². The Bertz CT molecular complexity index is 434. The zero-order valence-corrected chi connectivity index (χ0v) is 11.0. The van der Waals surface area contributed by atoms with E-state index in [4.69, 9.17) is 4.74 Å². The largest absolute Gasteiger partial charge is 0.491 e. The summed E-state index contributed by atoms with van der Waals surface area (Å²) in [6.07, 6.45) is 1.08. The second kappa shape index (κ2) is 5.12. The van der Waals surface area contributed by atoms with Gasteiger partial charge in [0.05, 0.1) is 12.8 Å². The number of rotatable bonds is 3. The van der Waals surface area contributed by atoms with Crippen molar-refractivity contribution in [1.29, 1.82) is 0 Å². The van der Waals surface area contributed by atoms with Gasteiger partial charge in [-0.1, -0.05) is 13.8 Å². The SMILES string of the molecule is COc1c(N2CCC(C(C)C)C2)ccc(F)c1F. The highest BCUT2D eigenvalue weighted by Crippen LogP contribution is 2.36. The Morgan fingerprint density at radius 1 is 1.33 bits per heavy atom. The molecule has 1 heterocycles. The zero-order chi connectivity index (χ0) is 13.3. The normalized spacial score (nSPS) is 19.7. The van der Waals surface area contributed by atoms with Crippen molar-refractivity contribution in [3.8, 4) is 5.75 Å². The van der Waals surface area contributed by atoms with Gasteiger partial charge in [-0.15, -0.1) is 0 Å². The van der Waals surface area contributed by atoms with E-state index in [2.05, 4.69) is 18.7 Å². The first-order valence-corrected chi connectivity index (χ1v) is 6.31. The molecule has 4 heteroatoms. The van der Waals surface area contributed by atoms with E-state index in [1.54, 1.807) is 6.07 Å². The minimum absolute atomic E-state index is 0.0133. The van der Waals surface area contributed by atoms with Crippen LogP contribution in [-0.4, -0.2) is 20.2 Å². The van der Waals surface area contributed by atoms with Gasteiger partial charge in [0.15, 0.2) is 11.6 Å². The molecule has 0 aromatic heterocycles. The van der Waals surface area contributed by atoms with E-state index >= 15 is 0 Å². The molecule has 1 unspecified atom stereocenters. The van der Waals surface area contributed by atoms with Crippen LogP contribution in [-0.2, 0) is 0 Å². The van der Waals surface area contributed by atoms with Crippen LogP contribution in [0.2, 0.25) is 0 Å². The minimum atomic E-state index is -0.900. The summed E-state index contributed by atoms with van der Waals surface area (Å²) in [7, 11) is 1.37. The van der Waals surface area contributed by atoms with E-state index < -0.39 is 11.6 Å². The molecule has 0 aliphatic carbocycles. The van der Waals surface area contributed by atoms with Gasteiger partial charge in [0.25, 0.3) is 0 Å². The fraction of sp³-hybridized carbons (Fsp3) is 0.571. The summed E-state index contributed by atoms with van der Waals surface area (Å²) in [6.45, 7) is 6.12. The molecule has 18 heavy (non-hydrogen) atoms. The van der Waals surface area contributed by atoms with Crippen LogP contribution in [0.25, 0.3) is 0 Å². The first-order chi connectivity index (χ1) is 8.54. The topological polar surface area (TPSA) is 12.5 Å². The van der Waals surface area contributed by atoms with E-state index in [9.17, 15) is 8.78 Å². The average Bonchev–Trinajstić information content (AvgIpc) is 2.82. The molecule has 1 aliphatic heterocycles. The molecule has 2 nitrogen and oxygen atoms in total. The third kappa shape index (κ3) is 2.28. The third-order valence-corrected chi connectivity index (χ3v) is 3.74. The highest BCUT2D eigenvalue weighted by molar-refractivity contribution is 5.60. The smallest absolute Gasteiger partial charge is 0.202 e. The van der Waals surface area contributed by atoms with Crippen LogP contribution < -0.4 is 9.64 Å². The highest BCUT2D eigenvalue weighted by atomic mass is 19.2. The summed E-state index contributed by atoms with van der Waals surface area (Å²) in [6, 6.07) is 2.76. The van der Waals surface area contributed by atoms with E-state index in [0.29, 0.717) is 17.5 Å². The maximum absolute atomic E-state index is 13.6. The van der Waals surface area contributed by atoms with E-state index in [1.807, 2.05) is 0 Å². The molecule has 0 N–H and O–H groups in total. The lowest BCUT2D eigenvalue weighted by Gasteiger charge is -2.22. The van der Waals surface area contributed by atoms with Gasteiger partial charge in [0.2, 0.25) is 5.82 Å². The van der Waals surface area contributed by atoms with Crippen LogP contribution in [0.4, 0.5) is 14.5 Å². The lowest BCUT2D eigenvalue weighted by atomic mass is 9.95. The molecule has 1 saturated heterocycles. The van der Waals surface area contributed by atoms with Gasteiger partial charge in [-0.2, -0.15) is 4.39 Å². The molecule has 1 atom stereocenters. The van der Waals surface area contributed by atoms with Crippen molar-refractivity contribution in [3.05, 3.63) is 23.8 Å². The maximum atomic E-state index is 13.6. The number of hydrogen-bond acceptors (Lipinski definition) is 2. The van der Waals surface area contributed by atoms with Crippen molar-refractivity contribution >= 4 is 5.69 Å². The molecular formula is C14H19F2NO. The van der Waals surface area contributed by atoms with Gasteiger partial charge in [0, 0.05) is 13.1 Å². The second-order valence-electron chi connectivity index (χ2n) is 5.15. The van der Waals surface area contributed by atoms with E-state index in [1.165, 1.54) is 7.11 Å². The molecule has 1 aromatic carbocycles. The second-order valence-corrected chi connectivity index (χ2v) is 5.15. The highest BCUT2D eigenvalue weighted by Gasteiger charge is 2.28. The molecule has 0 amide bonds. The average molecular weight is 255 g/mol. The molecule has 0 bridgehead atoms. The monoisotopic (exact) mass is 255 g/mol. The lowest BCUT2D eigenvalue weighted by Crippen LogP contribution is -2.22. The van der Waals surface area contributed by atoms with Gasteiger partial charge in [0.1, 0.15) is 0 Å². The van der Waals surface area contributed by atoms with Crippen molar-refractivity contribution in [2.45, 2.75) is 20.3 Å². The number of anilines is 1. The van der Waals surface area contributed by atoms with Crippen LogP contribution in [0.3, 0.4) is 0 Å². The lowest BCUT2D eigenvalue weighted by molar-refractivity contribution is 0.371. The molecule has 0 radical (unpaired) electrons. The summed E-state index contributed by atoms with van der Waals surface area (Å²) in [4.78, 5) is 2.08. The fourth-order valence-electron chi connectivity index (χ4n) is 2.52. The van der Waals surface area contributed by atoms with Gasteiger partial charge >= 0.3 is 0 Å². The van der Waals surface area contributed by atoms with Crippen LogP contribution in [0.1, 0.15) is 20.3 Å². The quantitative estimate of drug-likeness (QED) is 0.820. The zero-order valence-electron chi connectivity index (χ0n) is 11.0. The fourth-order valence-corrected chi connectivity index (χ4v) is 2.52. The Balaban J connectivity index is 2.27. The predicted molar refractivity (Wildman–Crippen MR) is 68.1 cm³/mol. The maximum Gasteiger partial charge on any atom is 0.202 e. The van der Waals surface area contributed by atoms with Crippen molar-refractivity contribution in [1.82, 2.24) is 0 Å². The Morgan fingerprint density at radius 3 is 2.61 bits per heavy atom. The predicted octanol–water partition coefficient (Wildman–Crippen LogP) is 3.46. The Labute approximate surface area is 107 Å². The van der Waals surface area contributed by atoms with Crippen LogP contribution in [0, 0.1) is 23.5 Å². The van der Waals surface area contributed by atoms with Crippen LogP contribution >= 0.6 is 0 Å². The van der Waals surface area contributed by atoms with Gasteiger partial charge < -0.3 is 9.64 Å². The number of ether oxygens (including phenoxy) is 1. The molecule has 100 valence electrons. The number of hydrogen-bond donors (Lipinski definition) is 0. The number of benzene rings is 1. The van der Waals surface area contributed by atoms with Gasteiger partial charge in [-0.25, -0.2) is 4.39 Å². The summed E-state index contributed by atoms with van der Waals surface area (Å²) in [5, 5.41) is 0. The Hall–Kier alpha value is -1.32. The van der Waals surface area contributed by atoms with Crippen molar-refractivity contribution < 1.29 is 13.5 Å². The minimum Gasteiger partial charge on any atom is -0.491 e. The van der Waals surface area contributed by atoms with Crippen molar-refractivity contribution in [3.63, 3.8) is 0 Å². The van der Waals surface area contributed by atoms with Gasteiger partial charge in [-0.3, -0.25) is 0 Å². The first kappa shape index (κ1) is 13.1. The first-order valence-electron chi connectivity index (χ1n) is 6.31. The molecule has 0 saturated carbocycles. The summed E-state index contributed by atoms with van der Waals surface area (Å²) in [5.74, 6) is -0.549.